The van der Waals surface area contributed by atoms with Gasteiger partial charge >= 0.3 is 5.97 Å². The van der Waals surface area contributed by atoms with E-state index in [4.69, 9.17) is 4.74 Å². The Morgan fingerprint density at radius 3 is 2.84 bits per heavy atom. The summed E-state index contributed by atoms with van der Waals surface area (Å²) in [6.07, 6.45) is 3.76. The van der Waals surface area contributed by atoms with Crippen molar-refractivity contribution in [2.45, 2.75) is 20.3 Å². The monoisotopic (exact) mass is 263 g/mol. The van der Waals surface area contributed by atoms with Crippen molar-refractivity contribution in [3.05, 3.63) is 18.0 Å². The molecule has 2 heterocycles. The van der Waals surface area contributed by atoms with E-state index < -0.39 is 5.97 Å². The van der Waals surface area contributed by atoms with Crippen LogP contribution in [0.3, 0.4) is 0 Å². The number of carboxylic acid groups (broad SMARTS) is 1. The van der Waals surface area contributed by atoms with Crippen LogP contribution in [-0.4, -0.2) is 32.4 Å². The Kier molecular flexibility index (Phi) is 3.69. The van der Waals surface area contributed by atoms with Crippen LogP contribution in [0.4, 0.5) is 0 Å². The van der Waals surface area contributed by atoms with Gasteiger partial charge in [-0.2, -0.15) is 5.10 Å². The second-order valence-corrected chi connectivity index (χ2v) is 4.84. The summed E-state index contributed by atoms with van der Waals surface area (Å²) in [6.45, 7) is 4.66. The Balaban J connectivity index is 2.41. The van der Waals surface area contributed by atoms with Gasteiger partial charge in [0.2, 0.25) is 0 Å². The third kappa shape index (κ3) is 2.67. The quantitative estimate of drug-likeness (QED) is 0.893. The van der Waals surface area contributed by atoms with Gasteiger partial charge in [-0.15, -0.1) is 0 Å². The fraction of sp³-hybridized carbons (Fsp3) is 0.462. The van der Waals surface area contributed by atoms with Crippen molar-refractivity contribution in [3.8, 4) is 5.75 Å². The van der Waals surface area contributed by atoms with Crippen LogP contribution in [0.15, 0.2) is 12.4 Å². The maximum absolute atomic E-state index is 11.2. The molecular weight excluding hydrogens is 246 g/mol. The topological polar surface area (TPSA) is 77.2 Å². The van der Waals surface area contributed by atoms with E-state index in [9.17, 15) is 9.90 Å². The van der Waals surface area contributed by atoms with E-state index in [1.165, 1.54) is 6.20 Å². The fourth-order valence-electron chi connectivity index (χ4n) is 1.78. The number of fused-ring (bicyclic) bond motifs is 1. The molecule has 0 bridgehead atoms. The number of carbonyl (C=O) groups is 1. The molecule has 1 N–H and O–H groups in total. The van der Waals surface area contributed by atoms with E-state index in [2.05, 4.69) is 23.9 Å². The summed E-state index contributed by atoms with van der Waals surface area (Å²) in [5.74, 6) is -0.191. The highest BCUT2D eigenvalue weighted by atomic mass is 16.5. The van der Waals surface area contributed by atoms with E-state index in [0.717, 1.165) is 6.42 Å². The molecule has 0 aliphatic carbocycles. The van der Waals surface area contributed by atoms with E-state index >= 15 is 0 Å². The minimum Gasteiger partial charge on any atom is -0.492 e. The Labute approximate surface area is 111 Å². The molecule has 0 saturated carbocycles. The summed E-state index contributed by atoms with van der Waals surface area (Å²) in [6, 6.07) is 0. The molecule has 2 aromatic heterocycles. The lowest BCUT2D eigenvalue weighted by molar-refractivity contribution is 0.0692. The molecule has 0 aliphatic heterocycles. The van der Waals surface area contributed by atoms with Crippen LogP contribution in [0.5, 0.6) is 5.75 Å². The van der Waals surface area contributed by atoms with Crippen LogP contribution in [0.2, 0.25) is 0 Å². The number of pyridine rings is 1. The number of rotatable bonds is 5. The van der Waals surface area contributed by atoms with Crippen molar-refractivity contribution in [1.82, 2.24) is 14.8 Å². The Hall–Kier alpha value is -2.11. The summed E-state index contributed by atoms with van der Waals surface area (Å²) in [4.78, 5) is 15.3. The zero-order chi connectivity index (χ0) is 14.0. The zero-order valence-electron chi connectivity index (χ0n) is 11.3. The first-order valence-electron chi connectivity index (χ1n) is 6.17. The molecule has 2 rings (SSSR count). The number of carboxylic acids is 1. The molecule has 102 valence electrons. The zero-order valence-corrected chi connectivity index (χ0v) is 11.3. The van der Waals surface area contributed by atoms with Crippen molar-refractivity contribution in [2.75, 3.05) is 6.61 Å². The van der Waals surface area contributed by atoms with Crippen LogP contribution >= 0.6 is 0 Å². The maximum Gasteiger partial charge on any atom is 0.341 e. The highest BCUT2D eigenvalue weighted by molar-refractivity contribution is 5.97. The minimum absolute atomic E-state index is 0.0734. The van der Waals surface area contributed by atoms with Gasteiger partial charge in [-0.25, -0.2) is 9.78 Å². The molecule has 0 radical (unpaired) electrons. The molecule has 0 aromatic carbocycles. The molecule has 0 atom stereocenters. The molecule has 0 fully saturated rings. The number of aryl methyl sites for hydroxylation is 1. The number of aromatic nitrogens is 3. The molecule has 0 unspecified atom stereocenters. The standard InChI is InChI=1S/C13H17N3O3/c1-8(2)4-5-19-11-9-7-15-16(3)12(9)14-6-10(11)13(17)18/h6-8H,4-5H2,1-3H3,(H,17,18). The van der Waals surface area contributed by atoms with Gasteiger partial charge in [-0.3, -0.25) is 4.68 Å². The molecular formula is C13H17N3O3. The molecule has 19 heavy (non-hydrogen) atoms. The van der Waals surface area contributed by atoms with Gasteiger partial charge in [-0.05, 0) is 12.3 Å². The summed E-state index contributed by atoms with van der Waals surface area (Å²) in [5, 5.41) is 13.9. The van der Waals surface area contributed by atoms with Crippen molar-refractivity contribution in [2.24, 2.45) is 13.0 Å². The number of hydrogen-bond acceptors (Lipinski definition) is 4. The first kappa shape index (κ1) is 13.3. The van der Waals surface area contributed by atoms with Gasteiger partial charge in [-0.1, -0.05) is 13.8 Å². The fourth-order valence-corrected chi connectivity index (χ4v) is 1.78. The molecule has 0 aliphatic rings. The van der Waals surface area contributed by atoms with Crippen LogP contribution in [0.1, 0.15) is 30.6 Å². The van der Waals surface area contributed by atoms with Gasteiger partial charge in [0.25, 0.3) is 0 Å². The van der Waals surface area contributed by atoms with E-state index in [-0.39, 0.29) is 5.56 Å². The highest BCUT2D eigenvalue weighted by Crippen LogP contribution is 2.28. The van der Waals surface area contributed by atoms with Gasteiger partial charge in [0.15, 0.2) is 5.65 Å². The van der Waals surface area contributed by atoms with Crippen molar-refractivity contribution in [1.29, 1.82) is 0 Å². The molecule has 6 heteroatoms. The molecule has 2 aromatic rings. The smallest absolute Gasteiger partial charge is 0.341 e. The predicted octanol–water partition coefficient (Wildman–Crippen LogP) is 2.09. The SMILES string of the molecule is CC(C)CCOc1c(C(=O)O)cnc2c1cnn2C. The van der Waals surface area contributed by atoms with E-state index in [1.54, 1.807) is 17.9 Å². The number of hydrogen-bond donors (Lipinski definition) is 1. The lowest BCUT2D eigenvalue weighted by Crippen LogP contribution is -2.07. The molecule has 0 amide bonds. The Bertz CT molecular complexity index is 604. The van der Waals surface area contributed by atoms with Gasteiger partial charge in [0.1, 0.15) is 11.3 Å². The van der Waals surface area contributed by atoms with E-state index in [0.29, 0.717) is 29.3 Å². The van der Waals surface area contributed by atoms with Crippen molar-refractivity contribution in [3.63, 3.8) is 0 Å². The number of aromatic carboxylic acids is 1. The van der Waals surface area contributed by atoms with Crippen LogP contribution < -0.4 is 4.74 Å². The third-order valence-corrected chi connectivity index (χ3v) is 2.88. The summed E-state index contributed by atoms with van der Waals surface area (Å²) >= 11 is 0. The first-order chi connectivity index (χ1) is 9.00. The highest BCUT2D eigenvalue weighted by Gasteiger charge is 2.18. The van der Waals surface area contributed by atoms with Gasteiger partial charge in [0, 0.05) is 13.2 Å². The minimum atomic E-state index is -1.04. The number of ether oxygens (including phenoxy) is 1. The first-order valence-corrected chi connectivity index (χ1v) is 6.17. The van der Waals surface area contributed by atoms with Crippen molar-refractivity contribution >= 4 is 17.0 Å². The van der Waals surface area contributed by atoms with Crippen LogP contribution in [-0.2, 0) is 7.05 Å². The third-order valence-electron chi connectivity index (χ3n) is 2.88. The second-order valence-electron chi connectivity index (χ2n) is 4.84. The van der Waals surface area contributed by atoms with Crippen molar-refractivity contribution < 1.29 is 14.6 Å². The molecule has 0 saturated heterocycles. The second kappa shape index (κ2) is 5.26. The molecule has 0 spiro atoms. The Morgan fingerprint density at radius 2 is 2.21 bits per heavy atom. The average Bonchev–Trinajstić information content (AvgIpc) is 2.71. The predicted molar refractivity (Wildman–Crippen MR) is 70.4 cm³/mol. The summed E-state index contributed by atoms with van der Waals surface area (Å²) in [7, 11) is 1.76. The largest absolute Gasteiger partial charge is 0.492 e. The molecule has 6 nitrogen and oxygen atoms in total. The van der Waals surface area contributed by atoms with E-state index in [1.807, 2.05) is 0 Å². The normalized spacial score (nSPS) is 11.2. The average molecular weight is 263 g/mol. The lowest BCUT2D eigenvalue weighted by atomic mass is 10.1. The van der Waals surface area contributed by atoms with Crippen LogP contribution in [0.25, 0.3) is 11.0 Å². The summed E-state index contributed by atoms with van der Waals surface area (Å²) in [5.41, 5.74) is 0.689. The Morgan fingerprint density at radius 1 is 1.47 bits per heavy atom. The van der Waals surface area contributed by atoms with Crippen LogP contribution in [0, 0.1) is 5.92 Å². The lowest BCUT2D eigenvalue weighted by Gasteiger charge is -2.11. The van der Waals surface area contributed by atoms with Gasteiger partial charge < -0.3 is 9.84 Å². The van der Waals surface area contributed by atoms with Gasteiger partial charge in [0.05, 0.1) is 18.2 Å². The number of nitrogens with zero attached hydrogens (tertiary/aromatic N) is 3. The summed E-state index contributed by atoms with van der Waals surface area (Å²) < 4.78 is 7.26. The maximum atomic E-state index is 11.2.